The van der Waals surface area contributed by atoms with Gasteiger partial charge in [-0.15, -0.1) is 0 Å². The third-order valence-electron chi connectivity index (χ3n) is 4.45. The Morgan fingerprint density at radius 1 is 1.35 bits per heavy atom. The van der Waals surface area contributed by atoms with Crippen LogP contribution in [0.3, 0.4) is 0 Å². The summed E-state index contributed by atoms with van der Waals surface area (Å²) in [6.45, 7) is 5.70. The quantitative estimate of drug-likeness (QED) is 0.738. The molecule has 0 aliphatic carbocycles. The molecule has 0 spiro atoms. The van der Waals surface area contributed by atoms with Gasteiger partial charge < -0.3 is 9.64 Å². The van der Waals surface area contributed by atoms with E-state index in [1.54, 1.807) is 23.1 Å². The lowest BCUT2D eigenvalue weighted by atomic mass is 9.97. The van der Waals surface area contributed by atoms with Crippen molar-refractivity contribution >= 4 is 27.9 Å². The Kier molecular flexibility index (Phi) is 4.31. The summed E-state index contributed by atoms with van der Waals surface area (Å²) in [5, 5.41) is 0. The predicted octanol–water partition coefficient (Wildman–Crippen LogP) is 2.68. The number of amides is 2. The Balaban J connectivity index is 1.64. The number of rotatable bonds is 2. The maximum atomic E-state index is 12.5. The molecule has 23 heavy (non-hydrogen) atoms. The Labute approximate surface area is 143 Å². The molecule has 1 aromatic heterocycles. The van der Waals surface area contributed by atoms with Crippen LogP contribution in [0.2, 0.25) is 0 Å². The zero-order valence-corrected chi connectivity index (χ0v) is 14.9. The molecule has 2 aliphatic heterocycles. The van der Waals surface area contributed by atoms with Gasteiger partial charge in [0.25, 0.3) is 5.91 Å². The maximum Gasteiger partial charge on any atom is 0.410 e. The monoisotopic (exact) mass is 381 g/mol. The number of ether oxygens (including phenoxy) is 1. The summed E-state index contributed by atoms with van der Waals surface area (Å²) in [4.78, 5) is 32.3. The number of carbonyl (C=O) groups excluding carboxylic acids is 2. The summed E-state index contributed by atoms with van der Waals surface area (Å²) in [6.07, 6.45) is 1.28. The van der Waals surface area contributed by atoms with E-state index in [2.05, 4.69) is 20.9 Å². The number of piperidine rings is 1. The fourth-order valence-corrected chi connectivity index (χ4v) is 3.63. The summed E-state index contributed by atoms with van der Waals surface area (Å²) in [5.74, 6) is -0.0620. The van der Waals surface area contributed by atoms with Gasteiger partial charge in [0.15, 0.2) is 0 Å². The first-order valence-electron chi connectivity index (χ1n) is 7.76. The number of hydrogen-bond donors (Lipinski definition) is 0. The fourth-order valence-electron chi connectivity index (χ4n) is 3.28. The molecule has 3 heterocycles. The molecule has 2 fully saturated rings. The van der Waals surface area contributed by atoms with Crippen LogP contribution in [0.15, 0.2) is 22.8 Å². The normalized spacial score (nSPS) is 21.4. The van der Waals surface area contributed by atoms with Gasteiger partial charge in [-0.1, -0.05) is 6.07 Å². The summed E-state index contributed by atoms with van der Waals surface area (Å²) in [5.41, 5.74) is 0.165. The van der Waals surface area contributed by atoms with Crippen LogP contribution >= 0.6 is 15.9 Å². The highest BCUT2D eigenvalue weighted by molar-refractivity contribution is 9.10. The minimum atomic E-state index is -0.278. The first-order valence-corrected chi connectivity index (χ1v) is 8.56. The van der Waals surface area contributed by atoms with Crippen molar-refractivity contribution in [3.8, 4) is 0 Å². The van der Waals surface area contributed by atoms with Crippen molar-refractivity contribution in [1.29, 1.82) is 0 Å². The number of halogens is 1. The summed E-state index contributed by atoms with van der Waals surface area (Å²) < 4.78 is 5.83. The van der Waals surface area contributed by atoms with Crippen LogP contribution in [0.25, 0.3) is 0 Å². The molecular formula is C16H20BrN3O3. The van der Waals surface area contributed by atoms with Crippen LogP contribution in [0.1, 0.15) is 37.2 Å². The molecule has 0 bridgehead atoms. The van der Waals surface area contributed by atoms with Crippen molar-refractivity contribution < 1.29 is 14.3 Å². The molecule has 0 N–H and O–H groups in total. The Morgan fingerprint density at radius 3 is 2.61 bits per heavy atom. The lowest BCUT2D eigenvalue weighted by Crippen LogP contribution is -2.53. The largest absolute Gasteiger partial charge is 0.447 e. The molecule has 0 atom stereocenters. The van der Waals surface area contributed by atoms with Gasteiger partial charge in [-0.3, -0.25) is 9.69 Å². The number of pyridine rings is 1. The average molecular weight is 382 g/mol. The van der Waals surface area contributed by atoms with Crippen molar-refractivity contribution in [2.24, 2.45) is 0 Å². The van der Waals surface area contributed by atoms with E-state index in [-0.39, 0.29) is 23.6 Å². The van der Waals surface area contributed by atoms with Gasteiger partial charge in [-0.25, -0.2) is 9.78 Å². The molecule has 7 heteroatoms. The summed E-state index contributed by atoms with van der Waals surface area (Å²) in [7, 11) is 0. The Morgan fingerprint density at radius 2 is 2.04 bits per heavy atom. The first-order chi connectivity index (χ1) is 10.9. The van der Waals surface area contributed by atoms with Gasteiger partial charge in [-0.2, -0.15) is 0 Å². The van der Waals surface area contributed by atoms with E-state index in [0.717, 1.165) is 12.8 Å². The average Bonchev–Trinajstić information content (AvgIpc) is 2.80. The van der Waals surface area contributed by atoms with E-state index in [9.17, 15) is 9.59 Å². The van der Waals surface area contributed by atoms with Crippen molar-refractivity contribution in [3.05, 3.63) is 28.5 Å². The Hall–Kier alpha value is -1.63. The van der Waals surface area contributed by atoms with E-state index >= 15 is 0 Å². The van der Waals surface area contributed by atoms with Gasteiger partial charge in [-0.05, 0) is 54.8 Å². The zero-order chi connectivity index (χ0) is 16.6. The number of hydrogen-bond acceptors (Lipinski definition) is 4. The second-order valence-corrected chi connectivity index (χ2v) is 7.42. The van der Waals surface area contributed by atoms with E-state index in [4.69, 9.17) is 4.74 Å². The molecule has 2 aliphatic rings. The van der Waals surface area contributed by atoms with Crippen LogP contribution in [0.5, 0.6) is 0 Å². The third-order valence-corrected chi connectivity index (χ3v) is 4.89. The van der Waals surface area contributed by atoms with E-state index in [1.807, 2.05) is 18.7 Å². The fraction of sp³-hybridized carbons (Fsp3) is 0.562. The van der Waals surface area contributed by atoms with Crippen LogP contribution < -0.4 is 0 Å². The topological polar surface area (TPSA) is 62.7 Å². The number of likely N-dealkylation sites (tertiary alicyclic amines) is 1. The molecule has 0 saturated carbocycles. The molecular weight excluding hydrogens is 362 g/mol. The van der Waals surface area contributed by atoms with Gasteiger partial charge in [0.2, 0.25) is 0 Å². The van der Waals surface area contributed by atoms with E-state index in [1.165, 1.54) is 0 Å². The molecule has 2 amide bonds. The van der Waals surface area contributed by atoms with Gasteiger partial charge in [0.05, 0.1) is 5.54 Å². The molecule has 0 radical (unpaired) electrons. The SMILES string of the molecule is CC1(C)COC(=O)N1C1CCN(C(=O)c2cccc(Br)n2)CC1. The standard InChI is InChI=1S/C16H20BrN3O3/c1-16(2)10-23-15(22)20(16)11-6-8-19(9-7-11)14(21)12-4-3-5-13(17)18-12/h3-5,11H,6-10H2,1-2H3. The third kappa shape index (κ3) is 3.20. The predicted molar refractivity (Wildman–Crippen MR) is 88.1 cm³/mol. The molecule has 0 unspecified atom stereocenters. The highest BCUT2D eigenvalue weighted by atomic mass is 79.9. The lowest BCUT2D eigenvalue weighted by molar-refractivity contribution is 0.0584. The highest BCUT2D eigenvalue weighted by Crippen LogP contribution is 2.30. The minimum Gasteiger partial charge on any atom is -0.447 e. The minimum absolute atomic E-state index is 0.0620. The molecule has 1 aromatic rings. The van der Waals surface area contributed by atoms with Crippen molar-refractivity contribution in [1.82, 2.24) is 14.8 Å². The zero-order valence-electron chi connectivity index (χ0n) is 13.3. The lowest BCUT2D eigenvalue weighted by Gasteiger charge is -2.40. The van der Waals surface area contributed by atoms with Crippen LogP contribution in [-0.4, -0.2) is 58.1 Å². The van der Waals surface area contributed by atoms with Crippen molar-refractivity contribution in [2.45, 2.75) is 38.3 Å². The molecule has 2 saturated heterocycles. The summed E-state index contributed by atoms with van der Waals surface area (Å²) in [6, 6.07) is 5.45. The maximum absolute atomic E-state index is 12.5. The van der Waals surface area contributed by atoms with Crippen molar-refractivity contribution in [2.75, 3.05) is 19.7 Å². The Bertz CT molecular complexity index is 627. The van der Waals surface area contributed by atoms with Gasteiger partial charge >= 0.3 is 6.09 Å². The van der Waals surface area contributed by atoms with E-state index in [0.29, 0.717) is 30.0 Å². The number of aromatic nitrogens is 1. The van der Waals surface area contributed by atoms with Gasteiger partial charge in [0.1, 0.15) is 16.9 Å². The second-order valence-electron chi connectivity index (χ2n) is 6.61. The smallest absolute Gasteiger partial charge is 0.410 e. The molecule has 0 aromatic carbocycles. The molecule has 124 valence electrons. The van der Waals surface area contributed by atoms with E-state index < -0.39 is 0 Å². The number of carbonyl (C=O) groups is 2. The highest BCUT2D eigenvalue weighted by Gasteiger charge is 2.44. The van der Waals surface area contributed by atoms with Crippen molar-refractivity contribution in [3.63, 3.8) is 0 Å². The molecule has 3 rings (SSSR count). The van der Waals surface area contributed by atoms with Crippen LogP contribution in [-0.2, 0) is 4.74 Å². The van der Waals surface area contributed by atoms with Gasteiger partial charge in [0, 0.05) is 19.1 Å². The number of nitrogens with zero attached hydrogens (tertiary/aromatic N) is 3. The van der Waals surface area contributed by atoms with Crippen LogP contribution in [0.4, 0.5) is 4.79 Å². The molecule has 6 nitrogen and oxygen atoms in total. The summed E-state index contributed by atoms with van der Waals surface area (Å²) >= 11 is 3.29. The number of cyclic esters (lactones) is 1. The first kappa shape index (κ1) is 16.2. The van der Waals surface area contributed by atoms with Crippen LogP contribution in [0, 0.1) is 0 Å². The second kappa shape index (κ2) is 6.11.